The Morgan fingerprint density at radius 3 is 2.48 bits per heavy atom. The Bertz CT molecular complexity index is 669. The molecule has 0 unspecified atom stereocenters. The number of pyridine rings is 1. The van der Waals surface area contributed by atoms with E-state index < -0.39 is 0 Å². The van der Waals surface area contributed by atoms with Crippen LogP contribution in [-0.4, -0.2) is 10.6 Å². The van der Waals surface area contributed by atoms with Gasteiger partial charge in [-0.15, -0.1) is 0 Å². The van der Waals surface area contributed by atoms with Crippen molar-refractivity contribution in [3.8, 4) is 11.3 Å². The lowest BCUT2D eigenvalue weighted by atomic mass is 10.1. The number of aromatic nitrogens is 1. The topological polar surface area (TPSA) is 34.0 Å². The van der Waals surface area contributed by atoms with Crippen LogP contribution in [0.2, 0.25) is 0 Å². The smallest absolute Gasteiger partial charge is 0.255 e. The number of nitrogens with zero attached hydrogens (tertiary/aromatic N) is 1. The second-order valence-corrected chi connectivity index (χ2v) is 6.03. The van der Waals surface area contributed by atoms with Crippen LogP contribution in [-0.2, 0) is 6.54 Å². The van der Waals surface area contributed by atoms with Gasteiger partial charge in [0.1, 0.15) is 0 Å². The molecular weight excluding hydrogens is 260 g/mol. The molecule has 1 aromatic heterocycles. The van der Waals surface area contributed by atoms with Crippen molar-refractivity contribution in [2.75, 3.05) is 0 Å². The van der Waals surface area contributed by atoms with Crippen LogP contribution in [0, 0.1) is 0 Å². The van der Waals surface area contributed by atoms with Gasteiger partial charge in [0.2, 0.25) is 0 Å². The van der Waals surface area contributed by atoms with Crippen LogP contribution in [0.5, 0.6) is 0 Å². The van der Waals surface area contributed by atoms with Crippen molar-refractivity contribution in [1.82, 2.24) is 9.88 Å². The Balaban J connectivity index is 2.00. The van der Waals surface area contributed by atoms with E-state index in [0.29, 0.717) is 12.6 Å². The molecule has 1 N–H and O–H groups in total. The van der Waals surface area contributed by atoms with E-state index in [2.05, 4.69) is 37.4 Å². The molecule has 3 rings (SSSR count). The van der Waals surface area contributed by atoms with Gasteiger partial charge < -0.3 is 9.88 Å². The third-order valence-corrected chi connectivity index (χ3v) is 3.94. The molecule has 1 aliphatic carbocycles. The van der Waals surface area contributed by atoms with Crippen LogP contribution in [0.25, 0.3) is 11.3 Å². The molecule has 0 aliphatic heterocycles. The van der Waals surface area contributed by atoms with Crippen molar-refractivity contribution in [2.45, 2.75) is 45.3 Å². The minimum absolute atomic E-state index is 0.125. The summed E-state index contributed by atoms with van der Waals surface area (Å²) in [5, 5.41) is 3.43. The van der Waals surface area contributed by atoms with Crippen LogP contribution in [0.4, 0.5) is 0 Å². The first-order valence-corrected chi connectivity index (χ1v) is 7.70. The van der Waals surface area contributed by atoms with Crippen molar-refractivity contribution >= 4 is 0 Å². The Labute approximate surface area is 125 Å². The molecule has 21 heavy (non-hydrogen) atoms. The summed E-state index contributed by atoms with van der Waals surface area (Å²) in [5.74, 6) is 0. The molecule has 1 aromatic carbocycles. The van der Waals surface area contributed by atoms with Gasteiger partial charge in [-0.25, -0.2) is 0 Å². The van der Waals surface area contributed by atoms with E-state index in [1.54, 1.807) is 0 Å². The minimum atomic E-state index is 0.125. The third-order valence-electron chi connectivity index (χ3n) is 3.94. The average Bonchev–Trinajstić information content (AvgIpc) is 3.30. The largest absolute Gasteiger partial charge is 0.310 e. The molecule has 2 aromatic rings. The van der Waals surface area contributed by atoms with E-state index in [1.807, 2.05) is 28.8 Å². The molecule has 1 heterocycles. The highest BCUT2D eigenvalue weighted by atomic mass is 16.1. The zero-order valence-electron chi connectivity index (χ0n) is 12.7. The lowest BCUT2D eigenvalue weighted by Gasteiger charge is -2.18. The lowest BCUT2D eigenvalue weighted by Crippen LogP contribution is -2.29. The van der Waals surface area contributed by atoms with E-state index in [0.717, 1.165) is 16.8 Å². The molecule has 3 nitrogen and oxygen atoms in total. The first-order chi connectivity index (χ1) is 10.2. The molecule has 0 amide bonds. The van der Waals surface area contributed by atoms with Crippen LogP contribution in [0.15, 0.2) is 47.3 Å². The molecule has 1 aliphatic rings. The summed E-state index contributed by atoms with van der Waals surface area (Å²) in [6, 6.07) is 14.9. The number of benzene rings is 1. The number of hydrogen-bond donors (Lipinski definition) is 1. The van der Waals surface area contributed by atoms with Gasteiger partial charge in [0.05, 0.1) is 5.69 Å². The van der Waals surface area contributed by atoms with E-state index in [9.17, 15) is 4.79 Å². The molecule has 110 valence electrons. The van der Waals surface area contributed by atoms with Gasteiger partial charge in [-0.1, -0.05) is 36.4 Å². The van der Waals surface area contributed by atoms with E-state index in [1.165, 1.54) is 12.8 Å². The second-order valence-electron chi connectivity index (χ2n) is 6.03. The second kappa shape index (κ2) is 5.86. The fourth-order valence-corrected chi connectivity index (χ4v) is 2.63. The summed E-state index contributed by atoms with van der Waals surface area (Å²) < 4.78 is 1.90. The maximum Gasteiger partial charge on any atom is 0.255 e. The maximum atomic E-state index is 12.8. The Kier molecular flexibility index (Phi) is 3.93. The molecule has 0 spiro atoms. The average molecular weight is 282 g/mol. The Morgan fingerprint density at radius 2 is 1.86 bits per heavy atom. The van der Waals surface area contributed by atoms with Gasteiger partial charge in [-0.3, -0.25) is 4.79 Å². The van der Waals surface area contributed by atoms with Crippen molar-refractivity contribution < 1.29 is 0 Å². The fraction of sp³-hybridized carbons (Fsp3) is 0.389. The summed E-state index contributed by atoms with van der Waals surface area (Å²) in [5.41, 5.74) is 3.06. The fourth-order valence-electron chi connectivity index (χ4n) is 2.63. The predicted octanol–water partition coefficient (Wildman–Crippen LogP) is 3.35. The first-order valence-electron chi connectivity index (χ1n) is 7.70. The number of rotatable bonds is 5. The lowest BCUT2D eigenvalue weighted by molar-refractivity contribution is 0.573. The highest BCUT2D eigenvalue weighted by Gasteiger charge is 2.21. The number of hydrogen-bond acceptors (Lipinski definition) is 2. The summed E-state index contributed by atoms with van der Waals surface area (Å²) in [7, 11) is 0. The van der Waals surface area contributed by atoms with Crippen LogP contribution >= 0.6 is 0 Å². The monoisotopic (exact) mass is 282 g/mol. The molecule has 1 fully saturated rings. The summed E-state index contributed by atoms with van der Waals surface area (Å²) in [6.07, 6.45) is 2.47. The summed E-state index contributed by atoms with van der Waals surface area (Å²) >= 11 is 0. The summed E-state index contributed by atoms with van der Waals surface area (Å²) in [4.78, 5) is 12.8. The molecule has 3 heteroatoms. The Hall–Kier alpha value is -1.87. The van der Waals surface area contributed by atoms with Crippen molar-refractivity contribution in [3.63, 3.8) is 0 Å². The highest BCUT2D eigenvalue weighted by Crippen LogP contribution is 2.22. The first kappa shape index (κ1) is 14.1. The van der Waals surface area contributed by atoms with Gasteiger partial charge in [0.25, 0.3) is 5.56 Å². The SMILES string of the molecule is CC(C)n1c(-c2ccccc2)ccc(CNC2CC2)c1=O. The van der Waals surface area contributed by atoms with E-state index in [-0.39, 0.29) is 11.6 Å². The number of nitrogens with one attached hydrogen (secondary N) is 1. The van der Waals surface area contributed by atoms with Crippen molar-refractivity contribution in [1.29, 1.82) is 0 Å². The van der Waals surface area contributed by atoms with E-state index >= 15 is 0 Å². The Morgan fingerprint density at radius 1 is 1.14 bits per heavy atom. The maximum absolute atomic E-state index is 12.8. The van der Waals surface area contributed by atoms with E-state index in [4.69, 9.17) is 0 Å². The normalized spacial score (nSPS) is 14.6. The molecule has 0 atom stereocenters. The zero-order chi connectivity index (χ0) is 14.8. The molecule has 0 saturated heterocycles. The van der Waals surface area contributed by atoms with Gasteiger partial charge in [-0.2, -0.15) is 0 Å². The van der Waals surface area contributed by atoms with Crippen molar-refractivity contribution in [3.05, 3.63) is 58.4 Å². The van der Waals surface area contributed by atoms with Gasteiger partial charge in [-0.05, 0) is 38.3 Å². The summed E-state index contributed by atoms with van der Waals surface area (Å²) in [6.45, 7) is 4.79. The minimum Gasteiger partial charge on any atom is -0.310 e. The third kappa shape index (κ3) is 3.08. The van der Waals surface area contributed by atoms with Gasteiger partial charge >= 0.3 is 0 Å². The van der Waals surface area contributed by atoms with Crippen LogP contribution in [0.3, 0.4) is 0 Å². The van der Waals surface area contributed by atoms with Gasteiger partial charge in [0, 0.05) is 24.2 Å². The predicted molar refractivity (Wildman–Crippen MR) is 86.4 cm³/mol. The zero-order valence-corrected chi connectivity index (χ0v) is 12.7. The molecule has 0 radical (unpaired) electrons. The molecule has 1 saturated carbocycles. The molecular formula is C18H22N2O. The standard InChI is InChI=1S/C18H22N2O/c1-13(2)20-17(14-6-4-3-5-7-14)11-8-15(18(20)21)12-19-16-9-10-16/h3-8,11,13,16,19H,9-10,12H2,1-2H3. The van der Waals surface area contributed by atoms with Gasteiger partial charge in [0.15, 0.2) is 0 Å². The van der Waals surface area contributed by atoms with Crippen molar-refractivity contribution in [2.24, 2.45) is 0 Å². The molecule has 0 bridgehead atoms. The quantitative estimate of drug-likeness (QED) is 0.912. The highest BCUT2D eigenvalue weighted by molar-refractivity contribution is 5.59. The van der Waals surface area contributed by atoms with Crippen LogP contribution in [0.1, 0.15) is 38.3 Å². The van der Waals surface area contributed by atoms with Crippen LogP contribution < -0.4 is 10.9 Å².